The van der Waals surface area contributed by atoms with Crippen molar-refractivity contribution in [1.29, 1.82) is 0 Å². The van der Waals surface area contributed by atoms with Gasteiger partial charge in [0, 0.05) is 97.6 Å². The van der Waals surface area contributed by atoms with Crippen LogP contribution in [0, 0.1) is 0 Å². The van der Waals surface area contributed by atoms with E-state index in [0.717, 1.165) is 16.0 Å². The van der Waals surface area contributed by atoms with Crippen LogP contribution in [0.15, 0.2) is 42.7 Å². The first-order valence-electron chi connectivity index (χ1n) is 46.9. The SMILES string of the molecule is COCCOCCOCCOCCNC(=O)CCOCC(COCCC(=O)CCCOCCOCCOCCOCCOCCOCCOCCOCCOCCOCCOCCOCCC(=O)CCc1ccc(COc2nc(N)nc3[nH]cnc23)cc1)(COCCC(=O)NCCOCCOCCOCCOCCOCCOCCOCCOC)NC(=O)CCCCCN1C(=O)C=CC1=O. The number of carbonyl (C=O) groups excluding carboxylic acids is 7. The Hall–Kier alpha value is -7.08. The van der Waals surface area contributed by atoms with Crippen molar-refractivity contribution in [3.05, 3.63) is 53.9 Å². The Balaban J connectivity index is 0.962. The summed E-state index contributed by atoms with van der Waals surface area (Å²) in [5.41, 5.74) is 7.45. The molecule has 1 aliphatic heterocycles. The van der Waals surface area contributed by atoms with Crippen molar-refractivity contribution in [3.8, 4) is 5.88 Å². The van der Waals surface area contributed by atoms with Crippen LogP contribution in [-0.2, 0) is 174 Å². The summed E-state index contributed by atoms with van der Waals surface area (Å²) in [5, 5.41) is 8.66. The zero-order valence-electron chi connectivity index (χ0n) is 79.8. The van der Waals surface area contributed by atoms with Gasteiger partial charge in [-0.15, -0.1) is 0 Å². The zero-order valence-corrected chi connectivity index (χ0v) is 79.8. The number of ketones is 2. The van der Waals surface area contributed by atoms with Gasteiger partial charge >= 0.3 is 0 Å². The van der Waals surface area contributed by atoms with Gasteiger partial charge in [-0.1, -0.05) is 30.7 Å². The Morgan fingerprint density at radius 3 is 1.04 bits per heavy atom. The minimum absolute atomic E-state index is 0.00479. The van der Waals surface area contributed by atoms with E-state index in [1.807, 2.05) is 24.3 Å². The predicted molar refractivity (Wildman–Crippen MR) is 488 cm³/mol. The smallest absolute Gasteiger partial charge is 0.253 e. The number of nitrogens with one attached hydrogen (secondary N) is 4. The Morgan fingerprint density at radius 2 is 0.667 bits per heavy atom. The van der Waals surface area contributed by atoms with E-state index in [-0.39, 0.29) is 158 Å². The van der Waals surface area contributed by atoms with Gasteiger partial charge in [-0.05, 0) is 36.8 Å². The van der Waals surface area contributed by atoms with E-state index in [4.69, 9.17) is 138 Å². The number of nitrogens with two attached hydrogens (primary N) is 1. The van der Waals surface area contributed by atoms with Gasteiger partial charge in [0.1, 0.15) is 23.7 Å². The molecular weight excluding hydrogens is 1780 g/mol. The molecule has 3 aromatic rings. The predicted octanol–water partition coefficient (Wildman–Crippen LogP) is 2.21. The number of aromatic amines is 1. The van der Waals surface area contributed by atoms with Crippen molar-refractivity contribution in [3.63, 3.8) is 0 Å². The second-order valence-electron chi connectivity index (χ2n) is 29.9. The highest BCUT2D eigenvalue weighted by Crippen LogP contribution is 2.22. The maximum Gasteiger partial charge on any atom is 0.253 e. The molecular formula is C91H155N9O35. The van der Waals surface area contributed by atoms with Crippen molar-refractivity contribution >= 4 is 58.2 Å². The molecule has 1 atom stereocenters. The molecule has 1 aromatic carbocycles. The van der Waals surface area contributed by atoms with E-state index >= 15 is 0 Å². The van der Waals surface area contributed by atoms with Gasteiger partial charge in [-0.2, -0.15) is 9.97 Å². The molecule has 0 fully saturated rings. The maximum atomic E-state index is 13.8. The molecule has 0 aliphatic carbocycles. The molecule has 0 radical (unpaired) electrons. The van der Waals surface area contributed by atoms with E-state index in [1.165, 1.54) is 18.5 Å². The molecule has 44 heteroatoms. The quantitative estimate of drug-likeness (QED) is 0.0399. The lowest BCUT2D eigenvalue weighted by atomic mass is 10.0. The number of nitrogen functional groups attached to an aromatic ring is 1. The second kappa shape index (κ2) is 88.4. The molecule has 774 valence electrons. The van der Waals surface area contributed by atoms with Gasteiger partial charge < -0.3 is 159 Å². The number of H-pyrrole nitrogens is 1. The first-order valence-corrected chi connectivity index (χ1v) is 46.9. The molecule has 0 spiro atoms. The summed E-state index contributed by atoms with van der Waals surface area (Å²) < 4.78 is 156. The topological polar surface area (TPSA) is 498 Å². The fourth-order valence-electron chi connectivity index (χ4n) is 11.7. The summed E-state index contributed by atoms with van der Waals surface area (Å²) >= 11 is 0. The molecule has 5 amide bonds. The zero-order chi connectivity index (χ0) is 96.4. The highest BCUT2D eigenvalue weighted by atomic mass is 16.6. The normalized spacial score (nSPS) is 12.6. The fourth-order valence-corrected chi connectivity index (χ4v) is 11.7. The number of imide groups is 1. The lowest BCUT2D eigenvalue weighted by Crippen LogP contribution is -2.58. The molecule has 2 aromatic heterocycles. The number of Topliss-reactive ketones (excluding diaryl/α,β-unsaturated/α-hetero) is 2. The van der Waals surface area contributed by atoms with E-state index in [0.29, 0.717) is 353 Å². The third-order valence-electron chi connectivity index (χ3n) is 18.9. The number of benzene rings is 1. The number of amides is 5. The summed E-state index contributed by atoms with van der Waals surface area (Å²) in [6.07, 6.45) is 7.63. The van der Waals surface area contributed by atoms with E-state index in [2.05, 4.69) is 35.9 Å². The summed E-state index contributed by atoms with van der Waals surface area (Å²) in [7, 11) is 3.23. The molecule has 6 N–H and O–H groups in total. The number of aryl methyl sites for hydroxylation is 1. The number of hydrogen-bond donors (Lipinski definition) is 5. The number of anilines is 1. The second-order valence-corrected chi connectivity index (χ2v) is 29.9. The number of aromatic nitrogens is 4. The van der Waals surface area contributed by atoms with Crippen LogP contribution in [0.25, 0.3) is 11.2 Å². The molecule has 135 heavy (non-hydrogen) atoms. The van der Waals surface area contributed by atoms with Crippen LogP contribution in [0.2, 0.25) is 0 Å². The highest BCUT2D eigenvalue weighted by molar-refractivity contribution is 6.12. The Labute approximate surface area is 794 Å². The Bertz CT molecular complexity index is 3380. The minimum atomic E-state index is -1.34. The minimum Gasteiger partial charge on any atom is -0.471 e. The summed E-state index contributed by atoms with van der Waals surface area (Å²) in [6.45, 7) is 19.4. The highest BCUT2D eigenvalue weighted by Gasteiger charge is 2.34. The van der Waals surface area contributed by atoms with Crippen LogP contribution in [0.3, 0.4) is 0 Å². The lowest BCUT2D eigenvalue weighted by molar-refractivity contribution is -0.137. The van der Waals surface area contributed by atoms with Gasteiger partial charge in [0.25, 0.3) is 11.8 Å². The summed E-state index contributed by atoms with van der Waals surface area (Å²) in [4.78, 5) is 106. The maximum absolute atomic E-state index is 13.8. The van der Waals surface area contributed by atoms with E-state index < -0.39 is 5.54 Å². The molecule has 3 heterocycles. The number of unbranched alkanes of at least 4 members (excludes halogenated alkanes) is 2. The number of fused-ring (bicyclic) bond motifs is 1. The number of hydrogen-bond acceptors (Lipinski definition) is 39. The monoisotopic (exact) mass is 1930 g/mol. The molecule has 44 nitrogen and oxygen atoms in total. The van der Waals surface area contributed by atoms with Crippen molar-refractivity contribution in [2.45, 2.75) is 89.2 Å². The molecule has 0 bridgehead atoms. The van der Waals surface area contributed by atoms with E-state index in [1.54, 1.807) is 14.2 Å². The Kier molecular flexibility index (Phi) is 78.7. The fraction of sp³-hybridized carbons (Fsp3) is 0.780. The third-order valence-corrected chi connectivity index (χ3v) is 18.9. The van der Waals surface area contributed by atoms with Crippen molar-refractivity contribution in [2.24, 2.45) is 0 Å². The molecule has 0 saturated carbocycles. The molecule has 1 aliphatic rings. The lowest BCUT2D eigenvalue weighted by Gasteiger charge is -2.34. The van der Waals surface area contributed by atoms with Crippen molar-refractivity contribution in [1.82, 2.24) is 40.8 Å². The van der Waals surface area contributed by atoms with Gasteiger partial charge in [0.05, 0.1) is 343 Å². The van der Waals surface area contributed by atoms with Gasteiger partial charge in [-0.25, -0.2) is 4.98 Å². The van der Waals surface area contributed by atoms with Crippen LogP contribution in [0.1, 0.15) is 81.8 Å². The van der Waals surface area contributed by atoms with Crippen LogP contribution >= 0.6 is 0 Å². The number of ether oxygens (including phenoxy) is 28. The number of methoxy groups -OCH3 is 2. The van der Waals surface area contributed by atoms with Crippen LogP contribution in [0.5, 0.6) is 5.88 Å². The summed E-state index contributed by atoms with van der Waals surface area (Å²) in [5.74, 6) is -1.23. The standard InChI is InChI=1S/C91H155N9O35/c1-108-31-33-114-43-45-118-41-37-112-29-21-93-82(103)19-27-133-75-91(99-84(105)8-4-3-5-23-100-85(106)15-16-86(100)107,76-134-28-20-83(104)94-22-30-113-38-42-119-49-52-123-57-60-127-62-61-124-54-53-120-46-44-115-34-32-109-2)74-132-26-18-80(101)7-6-24-110-35-39-116-47-50-121-55-58-125-63-65-128-67-69-130-71-72-131-70-68-129-66-64-126-59-56-122-51-48-117-40-36-111-25-17-81(102)14-13-78-9-11-79(12-10-78)73-135-89-87-88(96-77-95-87)97-90(92)98-89/h9-12,15-16,77H,3-8,13-14,17-76H2,1-2H3,(H,93,103)(H,94,104)(H,99,105)(H3,92,95,96,97,98). The van der Waals surface area contributed by atoms with Gasteiger partial charge in [0.2, 0.25) is 29.5 Å². The summed E-state index contributed by atoms with van der Waals surface area (Å²) in [6, 6.07) is 7.88. The third kappa shape index (κ3) is 71.1. The largest absolute Gasteiger partial charge is 0.471 e. The van der Waals surface area contributed by atoms with E-state index in [9.17, 15) is 33.6 Å². The van der Waals surface area contributed by atoms with Gasteiger partial charge in [-0.3, -0.25) is 38.5 Å². The number of carbonyl (C=O) groups is 7. The average molecular weight is 1940 g/mol. The average Bonchev–Trinajstić information content (AvgIpc) is 1.69. The van der Waals surface area contributed by atoms with Crippen molar-refractivity contribution < 1.29 is 166 Å². The number of imidazole rings is 1. The van der Waals surface area contributed by atoms with Crippen LogP contribution in [-0.4, -0.2) is 449 Å². The van der Waals surface area contributed by atoms with Gasteiger partial charge in [0.15, 0.2) is 11.2 Å². The molecule has 1 unspecified atom stereocenters. The molecule has 4 rings (SSSR count). The number of rotatable bonds is 104. The molecule has 0 saturated heterocycles. The first-order chi connectivity index (χ1) is 66.4. The van der Waals surface area contributed by atoms with Crippen molar-refractivity contribution in [2.75, 3.05) is 383 Å². The number of nitrogens with zero attached hydrogens (tertiary/aromatic N) is 4. The van der Waals surface area contributed by atoms with Crippen LogP contribution < -0.4 is 26.4 Å². The first kappa shape index (κ1) is 120. The Morgan fingerprint density at radius 1 is 0.341 bits per heavy atom. The van der Waals surface area contributed by atoms with Crippen LogP contribution in [0.4, 0.5) is 5.95 Å².